The summed E-state index contributed by atoms with van der Waals surface area (Å²) in [6.45, 7) is 0. The molecule has 0 bridgehead atoms. The average Bonchev–Trinajstić information content (AvgIpc) is 3.29. The predicted octanol–water partition coefficient (Wildman–Crippen LogP) is 15.9. The minimum Gasteiger partial charge on any atom is -0.310 e. The maximum Gasteiger partial charge on any atom is 0.0468 e. The Bertz CT molecular complexity index is 3270. The van der Waals surface area contributed by atoms with Gasteiger partial charge in [0.15, 0.2) is 0 Å². The van der Waals surface area contributed by atoms with E-state index in [9.17, 15) is 0 Å². The molecule has 0 saturated carbocycles. The molecule has 57 heavy (non-hydrogen) atoms. The third-order valence-corrected chi connectivity index (χ3v) is 11.6. The molecule has 0 atom stereocenters. The molecule has 0 N–H and O–H groups in total. The van der Waals surface area contributed by atoms with Crippen LogP contribution in [0.2, 0.25) is 0 Å². The van der Waals surface area contributed by atoms with Gasteiger partial charge in [0.1, 0.15) is 0 Å². The minimum absolute atomic E-state index is 1.12. The summed E-state index contributed by atoms with van der Waals surface area (Å²) in [5.74, 6) is 0. The summed E-state index contributed by atoms with van der Waals surface area (Å²) in [5, 5.41) is 12.6. The molecular weight excluding hydrogens is 687 g/mol. The SMILES string of the molecule is c1ccc(-c2ccc(N(c3ccccc3)c3ccc4cc(-c5cc6cc(-c7ccc8ccccc8c7)c7ccccc7c6c6ccccc56)ccc4c3)cc2)cc1. The number of para-hydroxylation sites is 1. The molecule has 0 heterocycles. The second kappa shape index (κ2) is 13.7. The van der Waals surface area contributed by atoms with E-state index in [1.165, 1.54) is 87.2 Å². The van der Waals surface area contributed by atoms with Gasteiger partial charge in [-0.1, -0.05) is 164 Å². The molecule has 0 spiro atoms. The van der Waals surface area contributed by atoms with Crippen LogP contribution in [0.4, 0.5) is 17.1 Å². The number of hydrogen-bond acceptors (Lipinski definition) is 1. The summed E-state index contributed by atoms with van der Waals surface area (Å²) in [7, 11) is 0. The van der Waals surface area contributed by atoms with Crippen LogP contribution in [0.3, 0.4) is 0 Å². The third-order valence-electron chi connectivity index (χ3n) is 11.6. The molecule has 11 aromatic rings. The summed E-state index contributed by atoms with van der Waals surface area (Å²) in [5.41, 5.74) is 10.7. The van der Waals surface area contributed by atoms with Gasteiger partial charge in [0.25, 0.3) is 0 Å². The first-order valence-electron chi connectivity index (χ1n) is 19.7. The maximum atomic E-state index is 2.42. The van der Waals surface area contributed by atoms with Gasteiger partial charge in [-0.15, -0.1) is 0 Å². The van der Waals surface area contributed by atoms with Gasteiger partial charge < -0.3 is 4.90 Å². The zero-order valence-electron chi connectivity index (χ0n) is 31.3. The molecule has 0 radical (unpaired) electrons. The number of fused-ring (bicyclic) bond motifs is 7. The molecule has 1 heteroatoms. The standard InChI is InChI=1S/C56H37N/c1-3-13-38(14-4-1)40-27-30-48(31-28-40)57(47-17-5-2-6-18-47)49-32-29-42-34-45(26-24-43(42)35-49)55-37-46-36-54(44-25-23-39-15-7-8-16-41(39)33-44)50-19-9-11-21-52(50)56(46)53-22-12-10-20-51(53)55/h1-37H. The highest BCUT2D eigenvalue weighted by Crippen LogP contribution is 2.43. The summed E-state index contributed by atoms with van der Waals surface area (Å²) < 4.78 is 0. The van der Waals surface area contributed by atoms with Gasteiger partial charge in [-0.3, -0.25) is 0 Å². The fraction of sp³-hybridized carbons (Fsp3) is 0. The fourth-order valence-corrected chi connectivity index (χ4v) is 8.81. The molecule has 0 aliphatic carbocycles. The lowest BCUT2D eigenvalue weighted by molar-refractivity contribution is 1.29. The van der Waals surface area contributed by atoms with Crippen LogP contribution in [-0.2, 0) is 0 Å². The molecule has 0 fully saturated rings. The first-order valence-corrected chi connectivity index (χ1v) is 19.7. The first kappa shape index (κ1) is 32.9. The molecule has 0 aliphatic rings. The van der Waals surface area contributed by atoms with Crippen molar-refractivity contribution >= 4 is 70.9 Å². The molecule has 266 valence electrons. The third kappa shape index (κ3) is 5.80. The van der Waals surface area contributed by atoms with Crippen molar-refractivity contribution in [3.8, 4) is 33.4 Å². The zero-order valence-corrected chi connectivity index (χ0v) is 31.3. The lowest BCUT2D eigenvalue weighted by atomic mass is 9.87. The van der Waals surface area contributed by atoms with Crippen molar-refractivity contribution < 1.29 is 0 Å². The summed E-state index contributed by atoms with van der Waals surface area (Å²) in [6.07, 6.45) is 0. The van der Waals surface area contributed by atoms with Gasteiger partial charge in [0.2, 0.25) is 0 Å². The number of benzene rings is 11. The Morgan fingerprint density at radius 3 is 1.30 bits per heavy atom. The molecule has 0 aliphatic heterocycles. The van der Waals surface area contributed by atoms with E-state index in [1.807, 2.05) is 0 Å². The Labute approximate surface area is 332 Å². The van der Waals surface area contributed by atoms with E-state index in [1.54, 1.807) is 0 Å². The van der Waals surface area contributed by atoms with Gasteiger partial charge in [-0.05, 0) is 148 Å². The van der Waals surface area contributed by atoms with E-state index in [2.05, 4.69) is 229 Å². The van der Waals surface area contributed by atoms with Gasteiger partial charge >= 0.3 is 0 Å². The number of anilines is 3. The molecular formula is C56H37N. The van der Waals surface area contributed by atoms with Crippen molar-refractivity contribution in [1.82, 2.24) is 0 Å². The van der Waals surface area contributed by atoms with E-state index in [0.29, 0.717) is 0 Å². The smallest absolute Gasteiger partial charge is 0.0468 e. The van der Waals surface area contributed by atoms with Crippen molar-refractivity contribution in [1.29, 1.82) is 0 Å². The Kier molecular flexibility index (Phi) is 7.89. The normalized spacial score (nSPS) is 11.5. The van der Waals surface area contributed by atoms with Crippen LogP contribution in [0.25, 0.3) is 87.2 Å². The molecule has 0 unspecified atom stereocenters. The second-order valence-electron chi connectivity index (χ2n) is 14.9. The number of nitrogens with zero attached hydrogens (tertiary/aromatic N) is 1. The lowest BCUT2D eigenvalue weighted by Gasteiger charge is -2.26. The Morgan fingerprint density at radius 1 is 0.228 bits per heavy atom. The van der Waals surface area contributed by atoms with E-state index in [-0.39, 0.29) is 0 Å². The molecule has 0 saturated heterocycles. The molecule has 1 nitrogen and oxygen atoms in total. The van der Waals surface area contributed by atoms with Crippen molar-refractivity contribution in [2.75, 3.05) is 4.90 Å². The number of rotatable bonds is 6. The van der Waals surface area contributed by atoms with Crippen LogP contribution in [0.5, 0.6) is 0 Å². The summed E-state index contributed by atoms with van der Waals surface area (Å²) in [4.78, 5) is 2.34. The van der Waals surface area contributed by atoms with Crippen LogP contribution in [0.15, 0.2) is 224 Å². The fourth-order valence-electron chi connectivity index (χ4n) is 8.81. The van der Waals surface area contributed by atoms with Crippen LogP contribution in [-0.4, -0.2) is 0 Å². The maximum absolute atomic E-state index is 2.42. The van der Waals surface area contributed by atoms with Gasteiger partial charge in [0, 0.05) is 17.1 Å². The highest BCUT2D eigenvalue weighted by molar-refractivity contribution is 6.26. The molecule has 11 aromatic carbocycles. The van der Waals surface area contributed by atoms with Crippen LogP contribution >= 0.6 is 0 Å². The Morgan fingerprint density at radius 2 is 0.649 bits per heavy atom. The van der Waals surface area contributed by atoms with Crippen LogP contribution in [0.1, 0.15) is 0 Å². The van der Waals surface area contributed by atoms with Crippen molar-refractivity contribution in [3.05, 3.63) is 224 Å². The van der Waals surface area contributed by atoms with E-state index >= 15 is 0 Å². The minimum atomic E-state index is 1.12. The highest BCUT2D eigenvalue weighted by Gasteiger charge is 2.17. The molecule has 11 rings (SSSR count). The van der Waals surface area contributed by atoms with Gasteiger partial charge in [0.05, 0.1) is 0 Å². The lowest BCUT2D eigenvalue weighted by Crippen LogP contribution is -2.09. The Balaban J connectivity index is 1.04. The van der Waals surface area contributed by atoms with E-state index in [0.717, 1.165) is 17.1 Å². The predicted molar refractivity (Wildman–Crippen MR) is 245 cm³/mol. The van der Waals surface area contributed by atoms with E-state index < -0.39 is 0 Å². The molecule has 0 aromatic heterocycles. The van der Waals surface area contributed by atoms with Crippen molar-refractivity contribution in [2.45, 2.75) is 0 Å². The van der Waals surface area contributed by atoms with Crippen molar-refractivity contribution in [2.24, 2.45) is 0 Å². The largest absolute Gasteiger partial charge is 0.310 e. The quantitative estimate of drug-likeness (QED) is 0.154. The monoisotopic (exact) mass is 723 g/mol. The average molecular weight is 724 g/mol. The summed E-state index contributed by atoms with van der Waals surface area (Å²) in [6, 6.07) is 82.0. The second-order valence-corrected chi connectivity index (χ2v) is 14.9. The number of hydrogen-bond donors (Lipinski definition) is 0. The van der Waals surface area contributed by atoms with E-state index in [4.69, 9.17) is 0 Å². The molecule has 0 amide bonds. The zero-order chi connectivity index (χ0) is 37.7. The van der Waals surface area contributed by atoms with Crippen LogP contribution < -0.4 is 4.90 Å². The Hall–Kier alpha value is -7.48. The summed E-state index contributed by atoms with van der Waals surface area (Å²) >= 11 is 0. The van der Waals surface area contributed by atoms with Crippen molar-refractivity contribution in [3.63, 3.8) is 0 Å². The topological polar surface area (TPSA) is 3.24 Å². The highest BCUT2D eigenvalue weighted by atomic mass is 15.1. The van der Waals surface area contributed by atoms with Crippen LogP contribution in [0, 0.1) is 0 Å². The first-order chi connectivity index (χ1) is 28.2. The van der Waals surface area contributed by atoms with Gasteiger partial charge in [-0.2, -0.15) is 0 Å². The van der Waals surface area contributed by atoms with Gasteiger partial charge in [-0.25, -0.2) is 0 Å².